The van der Waals surface area contributed by atoms with Gasteiger partial charge in [-0.2, -0.15) is 0 Å². The molecule has 4 nitrogen and oxygen atoms in total. The van der Waals surface area contributed by atoms with Crippen molar-refractivity contribution >= 4 is 0 Å². The maximum atomic E-state index is 4.54. The zero-order valence-corrected chi connectivity index (χ0v) is 10.1. The van der Waals surface area contributed by atoms with Gasteiger partial charge >= 0.3 is 0 Å². The molecule has 1 aliphatic rings. The summed E-state index contributed by atoms with van der Waals surface area (Å²) in [5, 5.41) is 3.51. The average molecular weight is 220 g/mol. The first-order valence-electron chi connectivity index (χ1n) is 6.00. The summed E-state index contributed by atoms with van der Waals surface area (Å²) in [4.78, 5) is 11.2. The van der Waals surface area contributed by atoms with E-state index in [2.05, 4.69) is 34.2 Å². The Balaban J connectivity index is 1.97. The maximum absolute atomic E-state index is 4.54. The maximum Gasteiger partial charge on any atom is 0.130 e. The van der Waals surface area contributed by atoms with Crippen molar-refractivity contribution in [1.29, 1.82) is 0 Å². The number of nitrogens with one attached hydrogen (secondary N) is 1. The quantitative estimate of drug-likeness (QED) is 0.804. The first kappa shape index (κ1) is 11.5. The van der Waals surface area contributed by atoms with E-state index in [-0.39, 0.29) is 0 Å². The lowest BCUT2D eigenvalue weighted by Crippen LogP contribution is -2.50. The van der Waals surface area contributed by atoms with E-state index in [4.69, 9.17) is 0 Å². The highest BCUT2D eigenvalue weighted by Crippen LogP contribution is 2.03. The van der Waals surface area contributed by atoms with Gasteiger partial charge in [0.05, 0.1) is 0 Å². The number of piperazine rings is 1. The van der Waals surface area contributed by atoms with Crippen molar-refractivity contribution in [2.45, 2.75) is 25.8 Å². The van der Waals surface area contributed by atoms with E-state index < -0.39 is 0 Å². The topological polar surface area (TPSA) is 41.1 Å². The molecule has 0 saturated carbocycles. The second-order valence-corrected chi connectivity index (χ2v) is 4.44. The largest absolute Gasteiger partial charge is 0.311 e. The van der Waals surface area contributed by atoms with E-state index >= 15 is 0 Å². The predicted octanol–water partition coefficient (Wildman–Crippen LogP) is 0.485. The Bertz CT molecular complexity index is 340. The molecule has 1 aromatic heterocycles. The summed E-state index contributed by atoms with van der Waals surface area (Å²) in [6, 6.07) is 2.48. The van der Waals surface area contributed by atoms with Crippen LogP contribution in [0.25, 0.3) is 0 Å². The fourth-order valence-corrected chi connectivity index (χ4v) is 2.09. The highest BCUT2D eigenvalue weighted by molar-refractivity contribution is 5.03. The predicted molar refractivity (Wildman–Crippen MR) is 64.4 cm³/mol. The lowest BCUT2D eigenvalue weighted by molar-refractivity contribution is 0.236. The van der Waals surface area contributed by atoms with E-state index in [9.17, 15) is 0 Å². The van der Waals surface area contributed by atoms with Gasteiger partial charge in [0.25, 0.3) is 0 Å². The lowest BCUT2D eigenvalue weighted by atomic mass is 10.1. The third-order valence-corrected chi connectivity index (χ3v) is 3.01. The molecule has 1 atom stereocenters. The molecule has 2 rings (SSSR count). The molecule has 1 aromatic rings. The van der Waals surface area contributed by atoms with Crippen LogP contribution >= 0.6 is 0 Å². The van der Waals surface area contributed by atoms with E-state index in [0.717, 1.165) is 44.0 Å². The molecule has 2 heterocycles. The van der Waals surface area contributed by atoms with Crippen LogP contribution in [0.4, 0.5) is 0 Å². The average Bonchev–Trinajstić information content (AvgIpc) is 2.29. The molecule has 88 valence electrons. The fourth-order valence-electron chi connectivity index (χ4n) is 2.09. The highest BCUT2D eigenvalue weighted by Gasteiger charge is 2.17. The number of hydrogen-bond acceptors (Lipinski definition) is 4. The molecule has 0 bridgehead atoms. The van der Waals surface area contributed by atoms with E-state index in [1.54, 1.807) is 0 Å². The van der Waals surface area contributed by atoms with Crippen molar-refractivity contribution in [1.82, 2.24) is 20.2 Å². The van der Waals surface area contributed by atoms with Crippen LogP contribution < -0.4 is 5.32 Å². The molecular formula is C12H20N4. The number of hydrogen-bond donors (Lipinski definition) is 1. The molecule has 0 aromatic carbocycles. The van der Waals surface area contributed by atoms with Gasteiger partial charge in [-0.3, -0.25) is 0 Å². The third-order valence-electron chi connectivity index (χ3n) is 3.01. The molecule has 4 heteroatoms. The van der Waals surface area contributed by atoms with Crippen molar-refractivity contribution in [3.63, 3.8) is 0 Å². The number of likely N-dealkylation sites (N-methyl/N-ethyl adjacent to an activating group) is 1. The van der Waals surface area contributed by atoms with Crippen LogP contribution in [0.2, 0.25) is 0 Å². The molecule has 1 N–H and O–H groups in total. The summed E-state index contributed by atoms with van der Waals surface area (Å²) in [5.41, 5.74) is 1.13. The van der Waals surface area contributed by atoms with Crippen LogP contribution in [0.3, 0.4) is 0 Å². The minimum Gasteiger partial charge on any atom is -0.311 e. The first-order valence-corrected chi connectivity index (χ1v) is 6.00. The van der Waals surface area contributed by atoms with Crippen molar-refractivity contribution in [3.8, 4) is 0 Å². The molecule has 0 aliphatic carbocycles. The standard InChI is InChI=1S/C12H20N4/c1-3-10-4-5-14-12(15-10)8-11-9-16(2)7-6-13-11/h4-5,11,13H,3,6-9H2,1-2H3. The van der Waals surface area contributed by atoms with Crippen molar-refractivity contribution in [2.24, 2.45) is 0 Å². The van der Waals surface area contributed by atoms with Crippen LogP contribution in [-0.4, -0.2) is 47.6 Å². The van der Waals surface area contributed by atoms with E-state index in [0.29, 0.717) is 6.04 Å². The SMILES string of the molecule is CCc1ccnc(CC2CN(C)CCN2)n1. The Morgan fingerprint density at radius 3 is 3.19 bits per heavy atom. The Kier molecular flexibility index (Phi) is 3.85. The van der Waals surface area contributed by atoms with E-state index in [1.165, 1.54) is 0 Å². The summed E-state index contributed by atoms with van der Waals surface area (Å²) in [5.74, 6) is 0.965. The van der Waals surface area contributed by atoms with Crippen molar-refractivity contribution < 1.29 is 0 Å². The van der Waals surface area contributed by atoms with Gasteiger partial charge in [0, 0.05) is 44.0 Å². The monoisotopic (exact) mass is 220 g/mol. The second kappa shape index (κ2) is 5.37. The molecule has 1 aliphatic heterocycles. The number of nitrogens with zero attached hydrogens (tertiary/aromatic N) is 3. The minimum atomic E-state index is 0.492. The molecular weight excluding hydrogens is 200 g/mol. The molecule has 0 radical (unpaired) electrons. The van der Waals surface area contributed by atoms with Gasteiger partial charge in [-0.05, 0) is 19.5 Å². The van der Waals surface area contributed by atoms with Crippen molar-refractivity contribution in [2.75, 3.05) is 26.7 Å². The Hall–Kier alpha value is -1.00. The summed E-state index contributed by atoms with van der Waals surface area (Å²) in [7, 11) is 2.16. The van der Waals surface area contributed by atoms with Crippen LogP contribution in [0.15, 0.2) is 12.3 Å². The Labute approximate surface area is 97.1 Å². The zero-order chi connectivity index (χ0) is 11.4. The molecule has 1 unspecified atom stereocenters. The zero-order valence-electron chi connectivity index (χ0n) is 10.1. The smallest absolute Gasteiger partial charge is 0.130 e. The van der Waals surface area contributed by atoms with Crippen molar-refractivity contribution in [3.05, 3.63) is 23.8 Å². The van der Waals surface area contributed by atoms with E-state index in [1.807, 2.05) is 12.3 Å². The fraction of sp³-hybridized carbons (Fsp3) is 0.667. The molecule has 1 saturated heterocycles. The number of aryl methyl sites for hydroxylation is 1. The summed E-state index contributed by atoms with van der Waals surface area (Å²) in [6.45, 7) is 5.40. The normalized spacial score (nSPS) is 22.2. The third kappa shape index (κ3) is 3.00. The molecule has 0 amide bonds. The molecule has 0 spiro atoms. The van der Waals surface area contributed by atoms with Gasteiger partial charge in [0.2, 0.25) is 0 Å². The molecule has 1 fully saturated rings. The van der Waals surface area contributed by atoms with Gasteiger partial charge < -0.3 is 10.2 Å². The highest BCUT2D eigenvalue weighted by atomic mass is 15.2. The lowest BCUT2D eigenvalue weighted by Gasteiger charge is -2.30. The van der Waals surface area contributed by atoms with Crippen LogP contribution in [0.5, 0.6) is 0 Å². The van der Waals surface area contributed by atoms with Gasteiger partial charge in [-0.15, -0.1) is 0 Å². The first-order chi connectivity index (χ1) is 7.78. The van der Waals surface area contributed by atoms with Gasteiger partial charge in [0.1, 0.15) is 5.82 Å². The Morgan fingerprint density at radius 2 is 2.44 bits per heavy atom. The van der Waals surface area contributed by atoms with Gasteiger partial charge in [0.15, 0.2) is 0 Å². The minimum absolute atomic E-state index is 0.492. The van der Waals surface area contributed by atoms with Crippen LogP contribution in [-0.2, 0) is 12.8 Å². The van der Waals surface area contributed by atoms with Crippen LogP contribution in [0.1, 0.15) is 18.4 Å². The number of aromatic nitrogens is 2. The summed E-state index contributed by atoms with van der Waals surface area (Å²) in [6.07, 6.45) is 3.78. The molecule has 16 heavy (non-hydrogen) atoms. The van der Waals surface area contributed by atoms with Crippen LogP contribution in [0, 0.1) is 0 Å². The Morgan fingerprint density at radius 1 is 1.56 bits per heavy atom. The van der Waals surface area contributed by atoms with Gasteiger partial charge in [-0.1, -0.05) is 6.92 Å². The summed E-state index contributed by atoms with van der Waals surface area (Å²) >= 11 is 0. The van der Waals surface area contributed by atoms with Gasteiger partial charge in [-0.25, -0.2) is 9.97 Å². The second-order valence-electron chi connectivity index (χ2n) is 4.44. The summed E-state index contributed by atoms with van der Waals surface area (Å²) < 4.78 is 0. The number of rotatable bonds is 3.